The normalized spacial score (nSPS) is 24.3. The quantitative estimate of drug-likeness (QED) is 0.753. The van der Waals surface area contributed by atoms with E-state index in [4.69, 9.17) is 0 Å². The van der Waals surface area contributed by atoms with Gasteiger partial charge in [-0.3, -0.25) is 0 Å². The van der Waals surface area contributed by atoms with Crippen LogP contribution < -0.4 is 5.32 Å². The summed E-state index contributed by atoms with van der Waals surface area (Å²) in [5.41, 5.74) is 0.570. The van der Waals surface area contributed by atoms with Crippen molar-refractivity contribution < 1.29 is 0 Å². The maximum absolute atomic E-state index is 3.90. The van der Waals surface area contributed by atoms with Crippen LogP contribution in [0.5, 0.6) is 0 Å². The van der Waals surface area contributed by atoms with E-state index >= 15 is 0 Å². The molecule has 0 atom stereocenters. The third-order valence-corrected chi connectivity index (χ3v) is 3.74. The number of H-pyrrole nitrogens is 1. The molecule has 2 aliphatic carbocycles. The summed E-state index contributed by atoms with van der Waals surface area (Å²) < 4.78 is 0. The molecule has 1 aromatic rings. The molecule has 0 saturated heterocycles. The maximum atomic E-state index is 3.90. The summed E-state index contributed by atoms with van der Waals surface area (Å²) in [4.78, 5) is 0. The van der Waals surface area contributed by atoms with Crippen LogP contribution in [0.1, 0.15) is 32.1 Å². The molecule has 2 fully saturated rings. The Morgan fingerprint density at radius 1 is 1.43 bits per heavy atom. The first-order chi connectivity index (χ1) is 6.89. The highest BCUT2D eigenvalue weighted by molar-refractivity contribution is 5.21. The van der Waals surface area contributed by atoms with Crippen LogP contribution in [0.4, 0.5) is 5.95 Å². The molecule has 0 spiro atoms. The van der Waals surface area contributed by atoms with E-state index in [1.54, 1.807) is 0 Å². The molecule has 0 amide bonds. The van der Waals surface area contributed by atoms with Crippen LogP contribution in [0.2, 0.25) is 0 Å². The third-order valence-electron chi connectivity index (χ3n) is 3.74. The lowest BCUT2D eigenvalue weighted by Crippen LogP contribution is -2.38. The van der Waals surface area contributed by atoms with Crippen molar-refractivity contribution in [3.8, 4) is 0 Å². The second-order valence-corrected chi connectivity index (χ2v) is 4.58. The predicted octanol–water partition coefficient (Wildman–Crippen LogP) is 1.19. The number of nitrogens with one attached hydrogen (secondary N) is 2. The van der Waals surface area contributed by atoms with E-state index in [1.165, 1.54) is 32.1 Å². The summed E-state index contributed by atoms with van der Waals surface area (Å²) in [6.45, 7) is 1.03. The largest absolute Gasteiger partial charge is 0.351 e. The van der Waals surface area contributed by atoms with Crippen LogP contribution in [0.15, 0.2) is 0 Å². The van der Waals surface area contributed by atoms with Crippen molar-refractivity contribution in [1.29, 1.82) is 0 Å². The fraction of sp³-hybridized carbons (Fsp3) is 0.889. The molecule has 1 aromatic heterocycles. The molecule has 5 heteroatoms. The van der Waals surface area contributed by atoms with E-state index in [-0.39, 0.29) is 0 Å². The standard InChI is InChI=1S/C9H15N5/c1-4-9(5-1,7-2-3-7)6-10-8-11-13-14-12-8/h7H,1-6H2,(H2,10,11,12,13,14). The summed E-state index contributed by atoms with van der Waals surface area (Å²) in [5.74, 6) is 1.60. The van der Waals surface area contributed by atoms with Crippen molar-refractivity contribution >= 4 is 5.95 Å². The number of aromatic amines is 1. The number of rotatable bonds is 4. The first-order valence-corrected chi connectivity index (χ1v) is 5.36. The van der Waals surface area contributed by atoms with Crippen LogP contribution in [-0.4, -0.2) is 27.2 Å². The Labute approximate surface area is 82.7 Å². The monoisotopic (exact) mass is 193 g/mol. The highest BCUT2D eigenvalue weighted by Gasteiger charge is 2.48. The molecule has 0 radical (unpaired) electrons. The number of hydrogen-bond acceptors (Lipinski definition) is 4. The molecule has 0 aromatic carbocycles. The lowest BCUT2D eigenvalue weighted by Gasteiger charge is -2.42. The highest BCUT2D eigenvalue weighted by Crippen LogP contribution is 2.56. The van der Waals surface area contributed by atoms with Gasteiger partial charge in [0.1, 0.15) is 0 Å². The maximum Gasteiger partial charge on any atom is 0.263 e. The molecule has 2 aliphatic rings. The molecule has 2 N–H and O–H groups in total. The lowest BCUT2D eigenvalue weighted by molar-refractivity contribution is 0.118. The molecule has 14 heavy (non-hydrogen) atoms. The van der Waals surface area contributed by atoms with Crippen molar-refractivity contribution in [2.45, 2.75) is 32.1 Å². The average Bonchev–Trinajstić information content (AvgIpc) is 2.81. The number of anilines is 1. The zero-order valence-corrected chi connectivity index (χ0v) is 8.16. The zero-order chi connectivity index (χ0) is 9.43. The van der Waals surface area contributed by atoms with E-state index in [2.05, 4.69) is 25.9 Å². The van der Waals surface area contributed by atoms with Gasteiger partial charge in [-0.1, -0.05) is 11.5 Å². The fourth-order valence-corrected chi connectivity index (χ4v) is 2.55. The Balaban J connectivity index is 1.60. The highest BCUT2D eigenvalue weighted by atomic mass is 15.5. The van der Waals surface area contributed by atoms with Gasteiger partial charge in [0.15, 0.2) is 0 Å². The molecule has 1 heterocycles. The van der Waals surface area contributed by atoms with Gasteiger partial charge in [0.25, 0.3) is 5.95 Å². The van der Waals surface area contributed by atoms with Crippen LogP contribution in [0, 0.1) is 11.3 Å². The average molecular weight is 193 g/mol. The number of hydrogen-bond donors (Lipinski definition) is 2. The van der Waals surface area contributed by atoms with Gasteiger partial charge in [0.05, 0.1) is 0 Å². The van der Waals surface area contributed by atoms with Crippen molar-refractivity contribution in [3.05, 3.63) is 0 Å². The van der Waals surface area contributed by atoms with E-state index in [0.717, 1.165) is 12.5 Å². The van der Waals surface area contributed by atoms with Crippen LogP contribution in [0.25, 0.3) is 0 Å². The minimum Gasteiger partial charge on any atom is -0.351 e. The molecule has 2 saturated carbocycles. The molecule has 0 aliphatic heterocycles. The molecule has 5 nitrogen and oxygen atoms in total. The van der Waals surface area contributed by atoms with Crippen LogP contribution in [0.3, 0.4) is 0 Å². The Bertz CT molecular complexity index is 299. The first kappa shape index (κ1) is 8.20. The Kier molecular flexibility index (Phi) is 1.72. The SMILES string of the molecule is C1CC(CNc2nn[nH]n2)(C2CC2)C1. The van der Waals surface area contributed by atoms with Gasteiger partial charge in [-0.05, 0) is 42.2 Å². The number of nitrogens with zero attached hydrogens (tertiary/aromatic N) is 3. The summed E-state index contributed by atoms with van der Waals surface area (Å²) in [5, 5.41) is 17.1. The van der Waals surface area contributed by atoms with Gasteiger partial charge in [0.2, 0.25) is 0 Å². The molecule has 76 valence electrons. The minimum absolute atomic E-state index is 0.570. The molecular weight excluding hydrogens is 178 g/mol. The van der Waals surface area contributed by atoms with Gasteiger partial charge >= 0.3 is 0 Å². The molecule has 3 rings (SSSR count). The topological polar surface area (TPSA) is 66.5 Å². The summed E-state index contributed by atoms with van der Waals surface area (Å²) in [6.07, 6.45) is 7.00. The minimum atomic E-state index is 0.570. The smallest absolute Gasteiger partial charge is 0.263 e. The van der Waals surface area contributed by atoms with Gasteiger partial charge in [-0.15, -0.1) is 5.10 Å². The van der Waals surface area contributed by atoms with Crippen LogP contribution in [-0.2, 0) is 0 Å². The van der Waals surface area contributed by atoms with E-state index in [9.17, 15) is 0 Å². The number of aromatic nitrogens is 4. The fourth-order valence-electron chi connectivity index (χ4n) is 2.55. The summed E-state index contributed by atoms with van der Waals surface area (Å²) in [6, 6.07) is 0. The third kappa shape index (κ3) is 1.27. The van der Waals surface area contributed by atoms with E-state index in [1.807, 2.05) is 0 Å². The predicted molar refractivity (Wildman–Crippen MR) is 51.7 cm³/mol. The van der Waals surface area contributed by atoms with Gasteiger partial charge < -0.3 is 5.32 Å². The summed E-state index contributed by atoms with van der Waals surface area (Å²) in [7, 11) is 0. The van der Waals surface area contributed by atoms with Crippen molar-refractivity contribution in [2.24, 2.45) is 11.3 Å². The van der Waals surface area contributed by atoms with Crippen LogP contribution >= 0.6 is 0 Å². The van der Waals surface area contributed by atoms with E-state index in [0.29, 0.717) is 11.4 Å². The Morgan fingerprint density at radius 3 is 2.79 bits per heavy atom. The van der Waals surface area contributed by atoms with Gasteiger partial charge in [-0.25, -0.2) is 0 Å². The van der Waals surface area contributed by atoms with E-state index < -0.39 is 0 Å². The van der Waals surface area contributed by atoms with Crippen molar-refractivity contribution in [3.63, 3.8) is 0 Å². The van der Waals surface area contributed by atoms with Gasteiger partial charge in [-0.2, -0.15) is 5.21 Å². The first-order valence-electron chi connectivity index (χ1n) is 5.36. The number of tetrazole rings is 1. The second-order valence-electron chi connectivity index (χ2n) is 4.58. The Morgan fingerprint density at radius 2 is 2.29 bits per heavy atom. The molecule has 0 bridgehead atoms. The molecule has 0 unspecified atom stereocenters. The zero-order valence-electron chi connectivity index (χ0n) is 8.16. The molecular formula is C9H15N5. The van der Waals surface area contributed by atoms with Gasteiger partial charge in [0, 0.05) is 6.54 Å². The van der Waals surface area contributed by atoms with Crippen molar-refractivity contribution in [1.82, 2.24) is 20.6 Å². The Hall–Kier alpha value is -1.13. The van der Waals surface area contributed by atoms with Crippen molar-refractivity contribution in [2.75, 3.05) is 11.9 Å². The summed E-state index contributed by atoms with van der Waals surface area (Å²) >= 11 is 0. The lowest BCUT2D eigenvalue weighted by atomic mass is 9.65. The second kappa shape index (κ2) is 2.93.